The fraction of sp³-hybridized carbons (Fsp3) is 0.250. The Labute approximate surface area is 82.9 Å². The number of hydrogen-bond acceptors (Lipinski definition) is 1. The van der Waals surface area contributed by atoms with E-state index in [0.29, 0.717) is 5.56 Å². The van der Waals surface area contributed by atoms with Gasteiger partial charge in [0, 0.05) is 12.7 Å². The summed E-state index contributed by atoms with van der Waals surface area (Å²) in [7, 11) is 1.47. The van der Waals surface area contributed by atoms with Crippen molar-refractivity contribution in [3.05, 3.63) is 32.9 Å². The molecule has 0 saturated heterocycles. The molecule has 0 aliphatic carbocycles. The van der Waals surface area contributed by atoms with Gasteiger partial charge in [-0.3, -0.25) is 0 Å². The summed E-state index contributed by atoms with van der Waals surface area (Å²) in [6.45, 7) is 0.169. The molecule has 0 spiro atoms. The molecule has 0 N–H and O–H groups in total. The van der Waals surface area contributed by atoms with Gasteiger partial charge < -0.3 is 4.74 Å². The molecule has 1 aromatic carbocycles. The van der Waals surface area contributed by atoms with Gasteiger partial charge in [0.1, 0.15) is 11.6 Å². The zero-order chi connectivity index (χ0) is 9.14. The summed E-state index contributed by atoms with van der Waals surface area (Å²) < 4.78 is 30.6. The van der Waals surface area contributed by atoms with Gasteiger partial charge in [-0.25, -0.2) is 8.78 Å². The first kappa shape index (κ1) is 9.85. The first-order chi connectivity index (χ1) is 5.66. The summed E-state index contributed by atoms with van der Waals surface area (Å²) in [5.74, 6) is -1.06. The lowest BCUT2D eigenvalue weighted by Crippen LogP contribution is -1.97. The number of methoxy groups -OCH3 is 1. The maximum Gasteiger partial charge on any atom is 0.145 e. The van der Waals surface area contributed by atoms with Crippen LogP contribution < -0.4 is 0 Å². The van der Waals surface area contributed by atoms with E-state index in [4.69, 9.17) is 4.74 Å². The van der Waals surface area contributed by atoms with Crippen molar-refractivity contribution in [2.45, 2.75) is 6.61 Å². The SMILES string of the molecule is COCc1ccc(F)c(I)c1F. The second kappa shape index (κ2) is 4.13. The van der Waals surface area contributed by atoms with Crippen molar-refractivity contribution in [3.63, 3.8) is 0 Å². The van der Waals surface area contributed by atoms with Gasteiger partial charge in [0.25, 0.3) is 0 Å². The highest BCUT2D eigenvalue weighted by Crippen LogP contribution is 2.18. The Morgan fingerprint density at radius 2 is 2.08 bits per heavy atom. The van der Waals surface area contributed by atoms with Crippen molar-refractivity contribution >= 4 is 22.6 Å². The summed E-state index contributed by atoms with van der Waals surface area (Å²) in [6, 6.07) is 2.62. The van der Waals surface area contributed by atoms with Crippen LogP contribution in [0.3, 0.4) is 0 Å². The summed E-state index contributed by atoms with van der Waals surface area (Å²) in [4.78, 5) is 0. The smallest absolute Gasteiger partial charge is 0.145 e. The van der Waals surface area contributed by atoms with Crippen LogP contribution in [-0.2, 0) is 11.3 Å². The molecule has 1 nitrogen and oxygen atoms in total. The van der Waals surface area contributed by atoms with E-state index in [1.54, 1.807) is 22.6 Å². The van der Waals surface area contributed by atoms with E-state index in [2.05, 4.69) is 0 Å². The van der Waals surface area contributed by atoms with Crippen LogP contribution in [0, 0.1) is 15.2 Å². The highest BCUT2D eigenvalue weighted by atomic mass is 127. The van der Waals surface area contributed by atoms with Gasteiger partial charge in [0.05, 0.1) is 10.2 Å². The zero-order valence-electron chi connectivity index (χ0n) is 6.40. The van der Waals surface area contributed by atoms with Crippen molar-refractivity contribution in [1.82, 2.24) is 0 Å². The normalized spacial score (nSPS) is 10.3. The minimum atomic E-state index is -0.534. The topological polar surface area (TPSA) is 9.23 Å². The number of benzene rings is 1. The van der Waals surface area contributed by atoms with Gasteiger partial charge in [-0.15, -0.1) is 0 Å². The van der Waals surface area contributed by atoms with Crippen molar-refractivity contribution in [2.24, 2.45) is 0 Å². The van der Waals surface area contributed by atoms with Gasteiger partial charge in [-0.1, -0.05) is 6.07 Å². The standard InChI is InChI=1S/C8H7F2IO/c1-12-4-5-2-3-6(9)8(11)7(5)10/h2-3H,4H2,1H3. The minimum Gasteiger partial charge on any atom is -0.380 e. The largest absolute Gasteiger partial charge is 0.380 e. The quantitative estimate of drug-likeness (QED) is 0.599. The molecular formula is C8H7F2IO. The first-order valence-corrected chi connectivity index (χ1v) is 4.36. The Balaban J connectivity index is 3.08. The Morgan fingerprint density at radius 3 is 2.67 bits per heavy atom. The third kappa shape index (κ3) is 1.92. The van der Waals surface area contributed by atoms with Crippen molar-refractivity contribution in [3.8, 4) is 0 Å². The molecule has 0 bridgehead atoms. The Hall–Kier alpha value is -0.230. The van der Waals surface area contributed by atoms with Crippen LogP contribution in [0.25, 0.3) is 0 Å². The van der Waals surface area contributed by atoms with Crippen LogP contribution in [0.4, 0.5) is 8.78 Å². The Kier molecular flexibility index (Phi) is 3.39. The van der Waals surface area contributed by atoms with Crippen LogP contribution in [0.1, 0.15) is 5.56 Å². The van der Waals surface area contributed by atoms with Gasteiger partial charge in [0.2, 0.25) is 0 Å². The molecular weight excluding hydrogens is 277 g/mol. The summed E-state index contributed by atoms with van der Waals surface area (Å²) >= 11 is 1.63. The number of halogens is 3. The minimum absolute atomic E-state index is 0.0159. The lowest BCUT2D eigenvalue weighted by atomic mass is 10.2. The number of rotatable bonds is 2. The predicted octanol–water partition coefficient (Wildman–Crippen LogP) is 2.72. The molecule has 0 aliphatic rings. The summed E-state index contributed by atoms with van der Waals surface area (Å²) in [5.41, 5.74) is 0.378. The van der Waals surface area contributed by atoms with Gasteiger partial charge in [-0.2, -0.15) is 0 Å². The van der Waals surface area contributed by atoms with E-state index < -0.39 is 11.6 Å². The molecule has 0 aromatic heterocycles. The molecule has 0 amide bonds. The van der Waals surface area contributed by atoms with Crippen molar-refractivity contribution in [1.29, 1.82) is 0 Å². The predicted molar refractivity (Wildman–Crippen MR) is 49.8 cm³/mol. The second-order valence-electron chi connectivity index (χ2n) is 2.27. The molecule has 0 radical (unpaired) electrons. The molecule has 1 rings (SSSR count). The zero-order valence-corrected chi connectivity index (χ0v) is 8.56. The highest BCUT2D eigenvalue weighted by molar-refractivity contribution is 14.1. The molecule has 66 valence electrons. The van der Waals surface area contributed by atoms with Crippen LogP contribution in [0.2, 0.25) is 0 Å². The Bertz CT molecular complexity index is 289. The molecule has 0 atom stereocenters. The van der Waals surface area contributed by atoms with Crippen LogP contribution in [0.15, 0.2) is 12.1 Å². The molecule has 1 aromatic rings. The lowest BCUT2D eigenvalue weighted by Gasteiger charge is -2.03. The average molecular weight is 284 g/mol. The van der Waals surface area contributed by atoms with E-state index in [9.17, 15) is 8.78 Å². The fourth-order valence-corrected chi connectivity index (χ4v) is 1.36. The van der Waals surface area contributed by atoms with E-state index in [1.807, 2.05) is 0 Å². The second-order valence-corrected chi connectivity index (χ2v) is 3.35. The molecule has 0 heterocycles. The highest BCUT2D eigenvalue weighted by Gasteiger charge is 2.09. The molecule has 0 unspecified atom stereocenters. The van der Waals surface area contributed by atoms with Gasteiger partial charge in [0.15, 0.2) is 0 Å². The number of ether oxygens (including phenoxy) is 1. The average Bonchev–Trinajstić information content (AvgIpc) is 2.07. The van der Waals surface area contributed by atoms with Gasteiger partial charge in [-0.05, 0) is 28.7 Å². The third-order valence-electron chi connectivity index (χ3n) is 1.42. The first-order valence-electron chi connectivity index (χ1n) is 3.28. The van der Waals surface area contributed by atoms with Crippen LogP contribution >= 0.6 is 22.6 Å². The monoisotopic (exact) mass is 284 g/mol. The molecule has 0 aliphatic heterocycles. The van der Waals surface area contributed by atoms with Crippen LogP contribution in [-0.4, -0.2) is 7.11 Å². The van der Waals surface area contributed by atoms with E-state index >= 15 is 0 Å². The van der Waals surface area contributed by atoms with E-state index in [-0.39, 0.29) is 10.2 Å². The molecule has 0 fully saturated rings. The molecule has 4 heteroatoms. The summed E-state index contributed by atoms with van der Waals surface area (Å²) in [6.07, 6.45) is 0. The third-order valence-corrected chi connectivity index (χ3v) is 2.40. The number of hydrogen-bond donors (Lipinski definition) is 0. The van der Waals surface area contributed by atoms with Crippen LogP contribution in [0.5, 0.6) is 0 Å². The van der Waals surface area contributed by atoms with Gasteiger partial charge >= 0.3 is 0 Å². The maximum atomic E-state index is 13.1. The Morgan fingerprint density at radius 1 is 1.42 bits per heavy atom. The van der Waals surface area contributed by atoms with E-state index in [1.165, 1.54) is 19.2 Å². The van der Waals surface area contributed by atoms with E-state index in [0.717, 1.165) is 0 Å². The summed E-state index contributed by atoms with van der Waals surface area (Å²) in [5, 5.41) is 0. The molecule has 0 saturated carbocycles. The van der Waals surface area contributed by atoms with Crippen molar-refractivity contribution < 1.29 is 13.5 Å². The maximum absolute atomic E-state index is 13.1. The lowest BCUT2D eigenvalue weighted by molar-refractivity contribution is 0.181. The fourth-order valence-electron chi connectivity index (χ4n) is 0.833. The van der Waals surface area contributed by atoms with Crippen molar-refractivity contribution in [2.75, 3.05) is 7.11 Å². The molecule has 12 heavy (non-hydrogen) atoms.